The van der Waals surface area contributed by atoms with E-state index in [2.05, 4.69) is 15.0 Å². The Bertz CT molecular complexity index is 612. The molecule has 0 fully saturated rings. The highest BCUT2D eigenvalue weighted by molar-refractivity contribution is 7.90. The van der Waals surface area contributed by atoms with Crippen molar-refractivity contribution in [2.24, 2.45) is 4.99 Å². The number of benzene rings is 1. The largest absolute Gasteiger partial charge is 0.497 e. The summed E-state index contributed by atoms with van der Waals surface area (Å²) >= 11 is 0. The molecule has 0 amide bonds. The highest BCUT2D eigenvalue weighted by Gasteiger charge is 2.27. The lowest BCUT2D eigenvalue weighted by molar-refractivity contribution is 0.274. The standard InChI is InChI=1S/C11H15N3O4S/c1-7(6-15)12-11-13-9-4-3-8(18-2)5-10(9)19(16,17)14-11/h3-5,7,15H,6H2,1-2H3,(H2,12,13,14)/t7-/m1/s1. The number of hydrogen-bond donors (Lipinski definition) is 3. The topological polar surface area (TPSA) is 100 Å². The Labute approximate surface area is 111 Å². The van der Waals surface area contributed by atoms with Crippen molar-refractivity contribution in [1.29, 1.82) is 0 Å². The van der Waals surface area contributed by atoms with Gasteiger partial charge in [0.05, 0.1) is 25.4 Å². The highest BCUT2D eigenvalue weighted by atomic mass is 32.2. The maximum Gasteiger partial charge on any atom is 0.266 e. The predicted octanol–water partition coefficient (Wildman–Crippen LogP) is 0.136. The molecule has 0 radical (unpaired) electrons. The van der Waals surface area contributed by atoms with E-state index in [9.17, 15) is 8.42 Å². The van der Waals surface area contributed by atoms with Gasteiger partial charge in [-0.3, -0.25) is 0 Å². The molecule has 0 aliphatic carbocycles. The average molecular weight is 285 g/mol. The summed E-state index contributed by atoms with van der Waals surface area (Å²) in [6.07, 6.45) is 0. The maximum absolute atomic E-state index is 12.1. The van der Waals surface area contributed by atoms with Crippen LogP contribution in [0.4, 0.5) is 5.69 Å². The number of aliphatic imine (C=N–C) groups is 1. The van der Waals surface area contributed by atoms with E-state index in [-0.39, 0.29) is 17.5 Å². The molecule has 0 aromatic heterocycles. The molecule has 0 unspecified atom stereocenters. The Morgan fingerprint density at radius 2 is 2.21 bits per heavy atom. The third-order valence-corrected chi connectivity index (χ3v) is 3.95. The van der Waals surface area contributed by atoms with Crippen LogP contribution in [0, 0.1) is 0 Å². The van der Waals surface area contributed by atoms with Crippen molar-refractivity contribution in [2.45, 2.75) is 17.9 Å². The third kappa shape index (κ3) is 2.79. The van der Waals surface area contributed by atoms with Crippen molar-refractivity contribution in [3.05, 3.63) is 18.2 Å². The van der Waals surface area contributed by atoms with Gasteiger partial charge < -0.3 is 15.2 Å². The summed E-state index contributed by atoms with van der Waals surface area (Å²) in [4.78, 5) is 4.13. The first-order valence-corrected chi connectivity index (χ1v) is 7.11. The highest BCUT2D eigenvalue weighted by Crippen LogP contribution is 2.28. The summed E-state index contributed by atoms with van der Waals surface area (Å²) in [6, 6.07) is 4.28. The number of ether oxygens (including phenoxy) is 1. The van der Waals surface area contributed by atoms with Gasteiger partial charge in [0.2, 0.25) is 5.96 Å². The minimum absolute atomic E-state index is 0.0965. The van der Waals surface area contributed by atoms with E-state index in [1.54, 1.807) is 19.1 Å². The van der Waals surface area contributed by atoms with Gasteiger partial charge in [0.15, 0.2) is 0 Å². The molecule has 19 heavy (non-hydrogen) atoms. The van der Waals surface area contributed by atoms with Crippen molar-refractivity contribution in [3.8, 4) is 5.75 Å². The Balaban J connectivity index is 2.44. The zero-order valence-corrected chi connectivity index (χ0v) is 11.4. The number of guanidine groups is 1. The normalized spacial score (nSPS) is 20.1. The molecule has 2 rings (SSSR count). The number of hydrogen-bond acceptors (Lipinski definition) is 5. The summed E-state index contributed by atoms with van der Waals surface area (Å²) in [5.74, 6) is 0.550. The second-order valence-corrected chi connectivity index (χ2v) is 5.75. The van der Waals surface area contributed by atoms with E-state index in [0.29, 0.717) is 11.4 Å². The molecule has 7 nitrogen and oxygen atoms in total. The van der Waals surface area contributed by atoms with Gasteiger partial charge in [-0.2, -0.15) is 0 Å². The van der Waals surface area contributed by atoms with Crippen LogP contribution in [0.3, 0.4) is 0 Å². The number of nitrogens with zero attached hydrogens (tertiary/aromatic N) is 1. The minimum atomic E-state index is -3.68. The lowest BCUT2D eigenvalue weighted by atomic mass is 10.3. The van der Waals surface area contributed by atoms with Crippen LogP contribution < -0.4 is 14.8 Å². The number of sulfonamides is 1. The van der Waals surface area contributed by atoms with Gasteiger partial charge in [-0.1, -0.05) is 0 Å². The van der Waals surface area contributed by atoms with Crippen LogP contribution in [-0.2, 0) is 10.0 Å². The summed E-state index contributed by atoms with van der Waals surface area (Å²) in [7, 11) is -2.22. The number of aliphatic hydroxyl groups excluding tert-OH is 1. The van der Waals surface area contributed by atoms with E-state index in [1.807, 2.05) is 0 Å². The molecule has 0 spiro atoms. The number of anilines is 1. The van der Waals surface area contributed by atoms with E-state index in [4.69, 9.17) is 9.84 Å². The van der Waals surface area contributed by atoms with Gasteiger partial charge in [0.1, 0.15) is 10.6 Å². The van der Waals surface area contributed by atoms with E-state index < -0.39 is 16.1 Å². The quantitative estimate of drug-likeness (QED) is 0.733. The van der Waals surface area contributed by atoms with Crippen LogP contribution >= 0.6 is 0 Å². The number of fused-ring (bicyclic) bond motifs is 1. The average Bonchev–Trinajstić information content (AvgIpc) is 2.37. The zero-order valence-electron chi connectivity index (χ0n) is 10.5. The summed E-state index contributed by atoms with van der Waals surface area (Å²) in [6.45, 7) is 1.51. The Morgan fingerprint density at radius 3 is 2.84 bits per heavy atom. The van der Waals surface area contributed by atoms with Crippen LogP contribution in [0.2, 0.25) is 0 Å². The SMILES string of the molecule is COc1ccc2c(c1)S(=O)(=O)NC(=N[C@H](C)CO)N2. The van der Waals surface area contributed by atoms with Crippen molar-refractivity contribution < 1.29 is 18.3 Å². The molecule has 1 aromatic rings. The summed E-state index contributed by atoms with van der Waals surface area (Å²) in [5, 5.41) is 11.8. The maximum atomic E-state index is 12.1. The predicted molar refractivity (Wildman–Crippen MR) is 70.9 cm³/mol. The van der Waals surface area contributed by atoms with Crippen LogP contribution in [0.25, 0.3) is 0 Å². The van der Waals surface area contributed by atoms with E-state index in [1.165, 1.54) is 13.2 Å². The van der Waals surface area contributed by atoms with E-state index in [0.717, 1.165) is 0 Å². The second kappa shape index (κ2) is 5.06. The third-order valence-electron chi connectivity index (χ3n) is 2.58. The number of aliphatic hydroxyl groups is 1. The van der Waals surface area contributed by atoms with Crippen molar-refractivity contribution in [3.63, 3.8) is 0 Å². The lowest BCUT2D eigenvalue weighted by Crippen LogP contribution is -2.41. The Hall–Kier alpha value is -1.80. The molecule has 3 N–H and O–H groups in total. The first kappa shape index (κ1) is 13.6. The smallest absolute Gasteiger partial charge is 0.266 e. The zero-order chi connectivity index (χ0) is 14.0. The van der Waals surface area contributed by atoms with Gasteiger partial charge in [0.25, 0.3) is 10.0 Å². The van der Waals surface area contributed by atoms with Crippen molar-refractivity contribution in [1.82, 2.24) is 4.72 Å². The van der Waals surface area contributed by atoms with Crippen molar-refractivity contribution >= 4 is 21.7 Å². The lowest BCUT2D eigenvalue weighted by Gasteiger charge is -2.22. The fraction of sp³-hybridized carbons (Fsp3) is 0.364. The molecule has 1 aliphatic rings. The number of nitrogens with one attached hydrogen (secondary N) is 2. The molecule has 104 valence electrons. The minimum Gasteiger partial charge on any atom is -0.497 e. The van der Waals surface area contributed by atoms with Gasteiger partial charge in [0, 0.05) is 6.07 Å². The summed E-state index contributed by atoms with van der Waals surface area (Å²) < 4.78 is 31.5. The van der Waals surface area contributed by atoms with Gasteiger partial charge >= 0.3 is 0 Å². The van der Waals surface area contributed by atoms with Gasteiger partial charge in [-0.25, -0.2) is 18.1 Å². The molecule has 1 aromatic carbocycles. The van der Waals surface area contributed by atoms with Gasteiger partial charge in [-0.05, 0) is 19.1 Å². The number of rotatable bonds is 3. The van der Waals surface area contributed by atoms with Crippen LogP contribution in [0.5, 0.6) is 5.75 Å². The molecule has 1 aliphatic heterocycles. The summed E-state index contributed by atoms with van der Waals surface area (Å²) in [5.41, 5.74) is 0.420. The monoisotopic (exact) mass is 285 g/mol. The van der Waals surface area contributed by atoms with Crippen molar-refractivity contribution in [2.75, 3.05) is 19.0 Å². The van der Waals surface area contributed by atoms with Crippen LogP contribution in [0.1, 0.15) is 6.92 Å². The first-order chi connectivity index (χ1) is 8.96. The Kier molecular flexibility index (Phi) is 3.63. The molecule has 0 saturated heterocycles. The molecule has 0 saturated carbocycles. The molecular weight excluding hydrogens is 270 g/mol. The first-order valence-electron chi connectivity index (χ1n) is 5.63. The number of methoxy groups -OCH3 is 1. The molecule has 1 heterocycles. The molecule has 0 bridgehead atoms. The van der Waals surface area contributed by atoms with Crippen LogP contribution in [-0.4, -0.2) is 39.2 Å². The fourth-order valence-electron chi connectivity index (χ4n) is 1.61. The Morgan fingerprint density at radius 1 is 1.47 bits per heavy atom. The second-order valence-electron chi connectivity index (χ2n) is 4.10. The molecule has 8 heteroatoms. The molecule has 1 atom stereocenters. The fourth-order valence-corrected chi connectivity index (χ4v) is 2.76. The van der Waals surface area contributed by atoms with Gasteiger partial charge in [-0.15, -0.1) is 0 Å². The van der Waals surface area contributed by atoms with E-state index >= 15 is 0 Å². The van der Waals surface area contributed by atoms with Crippen LogP contribution in [0.15, 0.2) is 28.1 Å². The molecular formula is C11H15N3O4S.